The van der Waals surface area contributed by atoms with Crippen molar-refractivity contribution in [2.24, 2.45) is 0 Å². The average Bonchev–Trinajstić information content (AvgIpc) is 3.00. The van der Waals surface area contributed by atoms with Crippen LogP contribution in [0.3, 0.4) is 0 Å². The molecule has 0 saturated carbocycles. The van der Waals surface area contributed by atoms with E-state index in [4.69, 9.17) is 9.47 Å². The van der Waals surface area contributed by atoms with Crippen LogP contribution in [0.4, 0.5) is 0 Å². The summed E-state index contributed by atoms with van der Waals surface area (Å²) in [5.74, 6) is 1.68. The van der Waals surface area contributed by atoms with Crippen molar-refractivity contribution >= 4 is 0 Å². The van der Waals surface area contributed by atoms with Gasteiger partial charge in [0.1, 0.15) is 13.2 Å². The third kappa shape index (κ3) is 2.93. The summed E-state index contributed by atoms with van der Waals surface area (Å²) in [6.07, 6.45) is 4.50. The van der Waals surface area contributed by atoms with Gasteiger partial charge < -0.3 is 19.8 Å². The van der Waals surface area contributed by atoms with Gasteiger partial charge in [0.05, 0.1) is 6.33 Å². The highest BCUT2D eigenvalue weighted by Gasteiger charge is 2.14. The van der Waals surface area contributed by atoms with Gasteiger partial charge in [-0.1, -0.05) is 6.07 Å². The van der Waals surface area contributed by atoms with Crippen molar-refractivity contribution in [3.63, 3.8) is 0 Å². The van der Waals surface area contributed by atoms with E-state index >= 15 is 0 Å². The highest BCUT2D eigenvalue weighted by Crippen LogP contribution is 2.32. The fourth-order valence-corrected chi connectivity index (χ4v) is 2.29. The van der Waals surface area contributed by atoms with Gasteiger partial charge in [-0.2, -0.15) is 0 Å². The van der Waals surface area contributed by atoms with E-state index in [2.05, 4.69) is 34.3 Å². The van der Waals surface area contributed by atoms with Gasteiger partial charge in [-0.25, -0.2) is 4.98 Å². The van der Waals surface area contributed by atoms with Crippen LogP contribution < -0.4 is 14.8 Å². The van der Waals surface area contributed by atoms with E-state index in [0.29, 0.717) is 13.2 Å². The lowest BCUT2D eigenvalue weighted by Gasteiger charge is -2.21. The van der Waals surface area contributed by atoms with Gasteiger partial charge in [0.25, 0.3) is 0 Å². The Morgan fingerprint density at radius 1 is 1.30 bits per heavy atom. The maximum atomic E-state index is 5.61. The standard InChI is InChI=1S/C15H19N3O2/c1-11(17-5-4-13-9-16-10-18-13)12-2-3-14-15(8-12)20-7-6-19-14/h2-3,8-11,17H,4-7H2,1H3,(H,16,18). The van der Waals surface area contributed by atoms with Crippen molar-refractivity contribution in [1.29, 1.82) is 0 Å². The molecule has 0 aliphatic carbocycles. The summed E-state index contributed by atoms with van der Waals surface area (Å²) >= 11 is 0. The molecule has 1 atom stereocenters. The molecule has 5 nitrogen and oxygen atoms in total. The summed E-state index contributed by atoms with van der Waals surface area (Å²) < 4.78 is 11.1. The summed E-state index contributed by atoms with van der Waals surface area (Å²) in [7, 11) is 0. The van der Waals surface area contributed by atoms with Crippen LogP contribution in [-0.4, -0.2) is 29.7 Å². The molecule has 0 radical (unpaired) electrons. The molecule has 2 heterocycles. The fourth-order valence-electron chi connectivity index (χ4n) is 2.29. The van der Waals surface area contributed by atoms with Gasteiger partial charge in [-0.15, -0.1) is 0 Å². The van der Waals surface area contributed by atoms with Crippen LogP contribution >= 0.6 is 0 Å². The van der Waals surface area contributed by atoms with Gasteiger partial charge >= 0.3 is 0 Å². The van der Waals surface area contributed by atoms with Crippen molar-refractivity contribution in [2.45, 2.75) is 19.4 Å². The molecule has 1 unspecified atom stereocenters. The fraction of sp³-hybridized carbons (Fsp3) is 0.400. The number of hydrogen-bond acceptors (Lipinski definition) is 4. The quantitative estimate of drug-likeness (QED) is 0.875. The minimum Gasteiger partial charge on any atom is -0.486 e. The van der Waals surface area contributed by atoms with Crippen molar-refractivity contribution in [2.75, 3.05) is 19.8 Å². The van der Waals surface area contributed by atoms with Crippen molar-refractivity contribution < 1.29 is 9.47 Å². The van der Waals surface area contributed by atoms with Gasteiger partial charge in [0, 0.05) is 30.9 Å². The summed E-state index contributed by atoms with van der Waals surface area (Å²) in [5, 5.41) is 3.50. The zero-order valence-electron chi connectivity index (χ0n) is 11.6. The van der Waals surface area contributed by atoms with Crippen LogP contribution in [0.15, 0.2) is 30.7 Å². The Morgan fingerprint density at radius 3 is 2.95 bits per heavy atom. The number of nitrogens with one attached hydrogen (secondary N) is 2. The molecule has 5 heteroatoms. The van der Waals surface area contributed by atoms with E-state index in [-0.39, 0.29) is 6.04 Å². The molecular formula is C15H19N3O2. The number of aromatic amines is 1. The molecule has 1 aromatic carbocycles. The highest BCUT2D eigenvalue weighted by atomic mass is 16.6. The molecule has 106 valence electrons. The number of rotatable bonds is 5. The Hall–Kier alpha value is -2.01. The molecule has 3 rings (SSSR count). The second-order valence-corrected chi connectivity index (χ2v) is 4.91. The van der Waals surface area contributed by atoms with Crippen LogP contribution in [0, 0.1) is 0 Å². The zero-order chi connectivity index (χ0) is 13.8. The van der Waals surface area contributed by atoms with Crippen LogP contribution in [0.2, 0.25) is 0 Å². The Balaban J connectivity index is 1.57. The lowest BCUT2D eigenvalue weighted by Crippen LogP contribution is -2.22. The molecule has 1 aliphatic heterocycles. The Bertz CT molecular complexity index is 554. The van der Waals surface area contributed by atoms with E-state index in [9.17, 15) is 0 Å². The Morgan fingerprint density at radius 2 is 2.15 bits per heavy atom. The third-order valence-electron chi connectivity index (χ3n) is 3.47. The third-order valence-corrected chi connectivity index (χ3v) is 3.47. The Labute approximate surface area is 118 Å². The van der Waals surface area contributed by atoms with Crippen molar-refractivity contribution in [1.82, 2.24) is 15.3 Å². The number of benzene rings is 1. The predicted molar refractivity (Wildman–Crippen MR) is 76.1 cm³/mol. The number of hydrogen-bond donors (Lipinski definition) is 2. The van der Waals surface area contributed by atoms with Gasteiger partial charge in [0.15, 0.2) is 11.5 Å². The maximum absolute atomic E-state index is 5.61. The predicted octanol–water partition coefficient (Wildman–Crippen LogP) is 2.07. The van der Waals surface area contributed by atoms with E-state index in [1.165, 1.54) is 5.56 Å². The molecule has 20 heavy (non-hydrogen) atoms. The summed E-state index contributed by atoms with van der Waals surface area (Å²) in [4.78, 5) is 7.12. The van der Waals surface area contributed by atoms with Gasteiger partial charge in [-0.05, 0) is 24.6 Å². The summed E-state index contributed by atoms with van der Waals surface area (Å²) in [6.45, 7) is 4.30. The molecule has 0 bridgehead atoms. The maximum Gasteiger partial charge on any atom is 0.161 e. The monoisotopic (exact) mass is 273 g/mol. The second kappa shape index (κ2) is 5.96. The number of H-pyrrole nitrogens is 1. The van der Waals surface area contributed by atoms with E-state index in [1.54, 1.807) is 6.33 Å². The normalized spacial score (nSPS) is 15.1. The first-order chi connectivity index (χ1) is 9.83. The van der Waals surface area contributed by atoms with Crippen LogP contribution in [0.25, 0.3) is 0 Å². The number of imidazole rings is 1. The van der Waals surface area contributed by atoms with Crippen LogP contribution in [0.5, 0.6) is 11.5 Å². The van der Waals surface area contributed by atoms with Crippen LogP contribution in [0.1, 0.15) is 24.2 Å². The molecule has 0 saturated heterocycles. The summed E-state index contributed by atoms with van der Waals surface area (Å²) in [6, 6.07) is 6.40. The lowest BCUT2D eigenvalue weighted by molar-refractivity contribution is 0.171. The van der Waals surface area contributed by atoms with Gasteiger partial charge in [0.2, 0.25) is 0 Å². The van der Waals surface area contributed by atoms with Crippen molar-refractivity contribution in [3.05, 3.63) is 42.0 Å². The molecule has 2 aromatic rings. The SMILES string of the molecule is CC(NCCc1cnc[nH]1)c1ccc2c(c1)OCCO2. The van der Waals surface area contributed by atoms with Crippen LogP contribution in [-0.2, 0) is 6.42 Å². The topological polar surface area (TPSA) is 59.2 Å². The number of ether oxygens (including phenoxy) is 2. The molecule has 1 aromatic heterocycles. The number of aromatic nitrogens is 2. The highest BCUT2D eigenvalue weighted by molar-refractivity contribution is 5.44. The van der Waals surface area contributed by atoms with E-state index in [0.717, 1.165) is 30.2 Å². The molecule has 0 spiro atoms. The lowest BCUT2D eigenvalue weighted by atomic mass is 10.1. The molecule has 2 N–H and O–H groups in total. The first kappa shape index (κ1) is 13.0. The Kier molecular flexibility index (Phi) is 3.87. The molecule has 1 aliphatic rings. The second-order valence-electron chi connectivity index (χ2n) is 4.91. The largest absolute Gasteiger partial charge is 0.486 e. The van der Waals surface area contributed by atoms with Gasteiger partial charge in [-0.3, -0.25) is 0 Å². The minimum atomic E-state index is 0.272. The van der Waals surface area contributed by atoms with E-state index in [1.807, 2.05) is 12.3 Å². The molecule has 0 amide bonds. The first-order valence-corrected chi connectivity index (χ1v) is 6.93. The molecular weight excluding hydrogens is 254 g/mol. The number of nitrogens with zero attached hydrogens (tertiary/aromatic N) is 1. The minimum absolute atomic E-state index is 0.272. The molecule has 0 fully saturated rings. The summed E-state index contributed by atoms with van der Waals surface area (Å²) in [5.41, 5.74) is 2.35. The smallest absolute Gasteiger partial charge is 0.161 e. The number of fused-ring (bicyclic) bond motifs is 1. The average molecular weight is 273 g/mol. The zero-order valence-corrected chi connectivity index (χ0v) is 11.6. The van der Waals surface area contributed by atoms with Crippen molar-refractivity contribution in [3.8, 4) is 11.5 Å². The first-order valence-electron chi connectivity index (χ1n) is 6.93. The van der Waals surface area contributed by atoms with E-state index < -0.39 is 0 Å².